The average Bonchev–Trinajstić information content (AvgIpc) is 3.08. The van der Waals surface area contributed by atoms with Crippen LogP contribution in [0.15, 0.2) is 18.2 Å². The van der Waals surface area contributed by atoms with E-state index in [0.29, 0.717) is 30.9 Å². The molecular formula is C18H26N2O4. The Balaban J connectivity index is 1.99. The molecule has 1 unspecified atom stereocenters. The molecule has 1 saturated heterocycles. The molecule has 0 saturated carbocycles. The van der Waals surface area contributed by atoms with E-state index < -0.39 is 0 Å². The lowest BCUT2D eigenvalue weighted by molar-refractivity contribution is -0.142. The van der Waals surface area contributed by atoms with Crippen LogP contribution in [0, 0.1) is 0 Å². The number of methoxy groups -OCH3 is 2. The van der Waals surface area contributed by atoms with Crippen LogP contribution in [-0.4, -0.2) is 62.5 Å². The summed E-state index contributed by atoms with van der Waals surface area (Å²) >= 11 is 0. The average molecular weight is 334 g/mol. The molecule has 0 spiro atoms. The summed E-state index contributed by atoms with van der Waals surface area (Å²) in [4.78, 5) is 28.0. The molecule has 6 nitrogen and oxygen atoms in total. The van der Waals surface area contributed by atoms with Crippen molar-refractivity contribution in [2.24, 2.45) is 0 Å². The second kappa shape index (κ2) is 8.04. The Bertz CT molecular complexity index is 601. The van der Waals surface area contributed by atoms with E-state index in [9.17, 15) is 9.59 Å². The van der Waals surface area contributed by atoms with Crippen LogP contribution in [-0.2, 0) is 16.0 Å². The second-order valence-electron chi connectivity index (χ2n) is 6.17. The lowest BCUT2D eigenvalue weighted by atomic mass is 10.1. The van der Waals surface area contributed by atoms with E-state index in [-0.39, 0.29) is 17.9 Å². The Kier molecular flexibility index (Phi) is 6.06. The number of aryl methyl sites for hydroxylation is 1. The van der Waals surface area contributed by atoms with Gasteiger partial charge in [-0.2, -0.15) is 0 Å². The van der Waals surface area contributed by atoms with E-state index in [0.717, 1.165) is 18.4 Å². The first-order chi connectivity index (χ1) is 11.5. The molecule has 6 heteroatoms. The second-order valence-corrected chi connectivity index (χ2v) is 6.17. The molecule has 132 valence electrons. The number of likely N-dealkylation sites (N-methyl/N-ethyl adjacent to an activating group) is 1. The largest absolute Gasteiger partial charge is 0.493 e. The van der Waals surface area contributed by atoms with E-state index in [4.69, 9.17) is 9.47 Å². The third-order valence-corrected chi connectivity index (χ3v) is 4.37. The van der Waals surface area contributed by atoms with Gasteiger partial charge in [0.1, 0.15) is 6.04 Å². The predicted octanol–water partition coefficient (Wildman–Crippen LogP) is 1.72. The van der Waals surface area contributed by atoms with Gasteiger partial charge in [0.25, 0.3) is 0 Å². The third-order valence-electron chi connectivity index (χ3n) is 4.37. The number of carbonyl (C=O) groups excluding carboxylic acids is 2. The highest BCUT2D eigenvalue weighted by molar-refractivity contribution is 5.88. The van der Waals surface area contributed by atoms with Crippen molar-refractivity contribution >= 4 is 11.8 Å². The summed E-state index contributed by atoms with van der Waals surface area (Å²) in [5.74, 6) is 1.36. The molecule has 0 radical (unpaired) electrons. The maximum absolute atomic E-state index is 12.5. The zero-order chi connectivity index (χ0) is 17.7. The van der Waals surface area contributed by atoms with Gasteiger partial charge in [0.05, 0.1) is 14.2 Å². The van der Waals surface area contributed by atoms with Gasteiger partial charge < -0.3 is 19.3 Å². The lowest BCUT2D eigenvalue weighted by Gasteiger charge is -2.26. The Morgan fingerprint density at radius 1 is 1.21 bits per heavy atom. The fourth-order valence-corrected chi connectivity index (χ4v) is 3.05. The van der Waals surface area contributed by atoms with E-state index in [2.05, 4.69) is 0 Å². The van der Waals surface area contributed by atoms with Crippen LogP contribution >= 0.6 is 0 Å². The molecule has 1 aliphatic rings. The predicted molar refractivity (Wildman–Crippen MR) is 91.3 cm³/mol. The number of amides is 2. The zero-order valence-corrected chi connectivity index (χ0v) is 14.9. The summed E-state index contributed by atoms with van der Waals surface area (Å²) in [5.41, 5.74) is 1.01. The zero-order valence-electron chi connectivity index (χ0n) is 14.9. The van der Waals surface area contributed by atoms with Crippen LogP contribution in [0.1, 0.15) is 24.8 Å². The van der Waals surface area contributed by atoms with Crippen LogP contribution in [0.5, 0.6) is 11.5 Å². The normalized spacial score (nSPS) is 16.8. The van der Waals surface area contributed by atoms with Gasteiger partial charge in [-0.1, -0.05) is 6.07 Å². The van der Waals surface area contributed by atoms with E-state index in [1.54, 1.807) is 38.1 Å². The molecule has 1 aliphatic heterocycles. The smallest absolute Gasteiger partial charge is 0.244 e. The molecule has 0 aliphatic carbocycles. The van der Waals surface area contributed by atoms with Crippen molar-refractivity contribution in [3.05, 3.63) is 23.8 Å². The molecule has 0 bridgehead atoms. The minimum absolute atomic E-state index is 0.00645. The highest BCUT2D eigenvalue weighted by Gasteiger charge is 2.34. The van der Waals surface area contributed by atoms with Crippen molar-refractivity contribution in [2.75, 3.05) is 34.9 Å². The van der Waals surface area contributed by atoms with Crippen LogP contribution in [0.4, 0.5) is 0 Å². The standard InChI is InChI=1S/C18H26N2O4/c1-19(2)18(22)14-6-5-11-20(14)17(21)10-8-13-7-9-15(23-3)16(12-13)24-4/h7,9,12,14H,5-6,8,10-11H2,1-4H3. The number of likely N-dealkylation sites (tertiary alicyclic amines) is 1. The van der Waals surface area contributed by atoms with Crippen molar-refractivity contribution in [2.45, 2.75) is 31.7 Å². The summed E-state index contributed by atoms with van der Waals surface area (Å²) in [6, 6.07) is 5.35. The number of nitrogens with zero attached hydrogens (tertiary/aromatic N) is 2. The maximum atomic E-state index is 12.5. The molecule has 0 aromatic heterocycles. The number of hydrogen-bond acceptors (Lipinski definition) is 4. The van der Waals surface area contributed by atoms with Gasteiger partial charge in [-0.15, -0.1) is 0 Å². The molecule has 24 heavy (non-hydrogen) atoms. The van der Waals surface area contributed by atoms with Crippen LogP contribution < -0.4 is 9.47 Å². The van der Waals surface area contributed by atoms with Gasteiger partial charge in [-0.3, -0.25) is 9.59 Å². The van der Waals surface area contributed by atoms with E-state index in [1.165, 1.54) is 0 Å². The Hall–Kier alpha value is -2.24. The highest BCUT2D eigenvalue weighted by Crippen LogP contribution is 2.28. The minimum Gasteiger partial charge on any atom is -0.493 e. The highest BCUT2D eigenvalue weighted by atomic mass is 16.5. The molecule has 1 fully saturated rings. The molecule has 0 N–H and O–H groups in total. The number of rotatable bonds is 6. The first kappa shape index (κ1) is 18.1. The number of hydrogen-bond donors (Lipinski definition) is 0. The molecule has 2 amide bonds. The van der Waals surface area contributed by atoms with Gasteiger partial charge in [0.15, 0.2) is 11.5 Å². The SMILES string of the molecule is COc1ccc(CCC(=O)N2CCCC2C(=O)N(C)C)cc1OC. The minimum atomic E-state index is -0.307. The number of ether oxygens (including phenoxy) is 2. The van der Waals surface area contributed by atoms with Crippen molar-refractivity contribution < 1.29 is 19.1 Å². The quantitative estimate of drug-likeness (QED) is 0.795. The van der Waals surface area contributed by atoms with Gasteiger partial charge in [0.2, 0.25) is 11.8 Å². The molecular weight excluding hydrogens is 308 g/mol. The van der Waals surface area contributed by atoms with Gasteiger partial charge in [-0.05, 0) is 37.0 Å². The molecule has 2 rings (SSSR count). The summed E-state index contributed by atoms with van der Waals surface area (Å²) < 4.78 is 10.5. The van der Waals surface area contributed by atoms with Crippen LogP contribution in [0.2, 0.25) is 0 Å². The first-order valence-electron chi connectivity index (χ1n) is 8.19. The van der Waals surface area contributed by atoms with Gasteiger partial charge in [-0.25, -0.2) is 0 Å². The fourth-order valence-electron chi connectivity index (χ4n) is 3.05. The van der Waals surface area contributed by atoms with Gasteiger partial charge in [0, 0.05) is 27.1 Å². The molecule has 1 aromatic carbocycles. The van der Waals surface area contributed by atoms with E-state index in [1.807, 2.05) is 18.2 Å². The van der Waals surface area contributed by atoms with Crippen molar-refractivity contribution in [1.29, 1.82) is 0 Å². The van der Waals surface area contributed by atoms with Crippen molar-refractivity contribution in [3.63, 3.8) is 0 Å². The Labute approximate surface area is 143 Å². The van der Waals surface area contributed by atoms with Gasteiger partial charge >= 0.3 is 0 Å². The summed E-state index contributed by atoms with van der Waals surface area (Å²) in [6.45, 7) is 0.662. The lowest BCUT2D eigenvalue weighted by Crippen LogP contribution is -2.45. The van der Waals surface area contributed by atoms with E-state index >= 15 is 0 Å². The third kappa shape index (κ3) is 3.99. The number of benzene rings is 1. The Morgan fingerprint density at radius 3 is 2.54 bits per heavy atom. The van der Waals surface area contributed by atoms with Crippen LogP contribution in [0.25, 0.3) is 0 Å². The van der Waals surface area contributed by atoms with Crippen LogP contribution in [0.3, 0.4) is 0 Å². The fraction of sp³-hybridized carbons (Fsp3) is 0.556. The van der Waals surface area contributed by atoms with Crippen molar-refractivity contribution in [3.8, 4) is 11.5 Å². The monoisotopic (exact) mass is 334 g/mol. The summed E-state index contributed by atoms with van der Waals surface area (Å²) in [5, 5.41) is 0. The molecule has 1 aromatic rings. The molecule has 1 atom stereocenters. The molecule has 1 heterocycles. The number of carbonyl (C=O) groups is 2. The maximum Gasteiger partial charge on any atom is 0.244 e. The first-order valence-corrected chi connectivity index (χ1v) is 8.19. The summed E-state index contributed by atoms with van der Waals surface area (Å²) in [6.07, 6.45) is 2.62. The Morgan fingerprint density at radius 2 is 1.92 bits per heavy atom. The topological polar surface area (TPSA) is 59.1 Å². The summed E-state index contributed by atoms with van der Waals surface area (Å²) in [7, 11) is 6.64. The van der Waals surface area contributed by atoms with Crippen molar-refractivity contribution in [1.82, 2.24) is 9.80 Å².